The van der Waals surface area contributed by atoms with Gasteiger partial charge in [0.1, 0.15) is 17.5 Å². The number of hydrogen-bond acceptors (Lipinski definition) is 4. The average molecular weight is 429 g/mol. The summed E-state index contributed by atoms with van der Waals surface area (Å²) in [5.41, 5.74) is 1.17. The Labute approximate surface area is 177 Å². The monoisotopic (exact) mass is 429 g/mol. The van der Waals surface area contributed by atoms with Gasteiger partial charge in [-0.05, 0) is 61.7 Å². The summed E-state index contributed by atoms with van der Waals surface area (Å²) in [5, 5.41) is 6.56. The summed E-state index contributed by atoms with van der Waals surface area (Å²) in [5.74, 6) is -1.70. The minimum absolute atomic E-state index is 0.0430. The lowest BCUT2D eigenvalue weighted by molar-refractivity contribution is 0.0926. The minimum Gasteiger partial charge on any atom is -0.355 e. The van der Waals surface area contributed by atoms with Gasteiger partial charge in [-0.25, -0.2) is 13.2 Å². The van der Waals surface area contributed by atoms with Gasteiger partial charge in [0.05, 0.1) is 5.56 Å². The molecule has 0 unspecified atom stereocenters. The number of benzene rings is 2. The predicted octanol–water partition coefficient (Wildman–Crippen LogP) is 4.40. The largest absolute Gasteiger partial charge is 0.355 e. The van der Waals surface area contributed by atoms with E-state index in [1.54, 1.807) is 12.1 Å². The van der Waals surface area contributed by atoms with Crippen molar-refractivity contribution in [3.8, 4) is 11.3 Å². The van der Waals surface area contributed by atoms with Gasteiger partial charge in [-0.3, -0.25) is 9.69 Å². The maximum absolute atomic E-state index is 13.9. The molecule has 1 saturated heterocycles. The van der Waals surface area contributed by atoms with Gasteiger partial charge in [-0.2, -0.15) is 0 Å². The van der Waals surface area contributed by atoms with Gasteiger partial charge in [-0.15, -0.1) is 0 Å². The zero-order valence-corrected chi connectivity index (χ0v) is 16.8. The van der Waals surface area contributed by atoms with Gasteiger partial charge in [0.2, 0.25) is 0 Å². The smallest absolute Gasteiger partial charge is 0.273 e. The summed E-state index contributed by atoms with van der Waals surface area (Å²) >= 11 is 0. The molecule has 1 amide bonds. The first-order valence-corrected chi connectivity index (χ1v) is 10.1. The van der Waals surface area contributed by atoms with Gasteiger partial charge in [-0.1, -0.05) is 17.3 Å². The molecule has 0 radical (unpaired) electrons. The highest BCUT2D eigenvalue weighted by Gasteiger charge is 2.21. The fourth-order valence-corrected chi connectivity index (χ4v) is 3.72. The van der Waals surface area contributed by atoms with Crippen LogP contribution >= 0.6 is 0 Å². The highest BCUT2D eigenvalue weighted by molar-refractivity contribution is 5.93. The standard InChI is InChI=1S/C23H22F3N3O2/c24-17-3-1-16(2-4-17)14-29-9-7-15(8-10-29)13-27-23(30)21-12-22(31-28-21)19-6-5-18(25)11-20(19)26/h1-6,11-12,15H,7-10,13-14H2,(H,27,30). The topological polar surface area (TPSA) is 58.4 Å². The van der Waals surface area contributed by atoms with Crippen molar-refractivity contribution in [2.75, 3.05) is 19.6 Å². The van der Waals surface area contributed by atoms with Gasteiger partial charge in [0, 0.05) is 25.2 Å². The normalized spacial score (nSPS) is 15.2. The second-order valence-electron chi connectivity index (χ2n) is 7.76. The van der Waals surface area contributed by atoms with Crippen LogP contribution in [0.2, 0.25) is 0 Å². The summed E-state index contributed by atoms with van der Waals surface area (Å²) < 4.78 is 45.0. The first-order chi connectivity index (χ1) is 15.0. The molecule has 31 heavy (non-hydrogen) atoms. The second-order valence-corrected chi connectivity index (χ2v) is 7.76. The summed E-state index contributed by atoms with van der Waals surface area (Å²) in [6, 6.07) is 11.0. The van der Waals surface area contributed by atoms with Crippen molar-refractivity contribution in [2.45, 2.75) is 19.4 Å². The molecule has 1 fully saturated rings. The molecule has 0 spiro atoms. The van der Waals surface area contributed by atoms with Crippen molar-refractivity contribution in [1.29, 1.82) is 0 Å². The van der Waals surface area contributed by atoms with Gasteiger partial charge >= 0.3 is 0 Å². The van der Waals surface area contributed by atoms with E-state index in [1.165, 1.54) is 24.3 Å². The molecule has 2 aromatic carbocycles. The van der Waals surface area contributed by atoms with Crippen molar-refractivity contribution in [1.82, 2.24) is 15.4 Å². The third-order valence-corrected chi connectivity index (χ3v) is 5.52. The molecule has 0 bridgehead atoms. The number of aromatic nitrogens is 1. The van der Waals surface area contributed by atoms with Crippen LogP contribution in [0, 0.1) is 23.4 Å². The first kappa shape index (κ1) is 21.1. The van der Waals surface area contributed by atoms with Crippen molar-refractivity contribution in [3.05, 3.63) is 77.2 Å². The van der Waals surface area contributed by atoms with E-state index >= 15 is 0 Å². The molecular weight excluding hydrogens is 407 g/mol. The molecule has 2 heterocycles. The SMILES string of the molecule is O=C(NCC1CCN(Cc2ccc(F)cc2)CC1)c1cc(-c2ccc(F)cc2F)on1. The van der Waals surface area contributed by atoms with Crippen LogP contribution in [-0.4, -0.2) is 35.6 Å². The first-order valence-electron chi connectivity index (χ1n) is 10.1. The molecule has 0 aliphatic carbocycles. The highest BCUT2D eigenvalue weighted by Crippen LogP contribution is 2.24. The van der Waals surface area contributed by atoms with Crippen molar-refractivity contribution >= 4 is 5.91 Å². The molecule has 1 aliphatic rings. The quantitative estimate of drug-likeness (QED) is 0.631. The fourth-order valence-electron chi connectivity index (χ4n) is 3.72. The van der Waals surface area contributed by atoms with E-state index in [-0.39, 0.29) is 22.8 Å². The maximum atomic E-state index is 13.9. The van der Waals surface area contributed by atoms with E-state index in [1.807, 2.05) is 0 Å². The molecular formula is C23H22F3N3O2. The Kier molecular flexibility index (Phi) is 6.36. The summed E-state index contributed by atoms with van der Waals surface area (Å²) in [7, 11) is 0. The molecule has 162 valence electrons. The van der Waals surface area contributed by atoms with Crippen LogP contribution in [0.25, 0.3) is 11.3 Å². The summed E-state index contributed by atoms with van der Waals surface area (Å²) in [6.07, 6.45) is 1.87. The third kappa shape index (κ3) is 5.32. The Morgan fingerprint density at radius 1 is 1.03 bits per heavy atom. The lowest BCUT2D eigenvalue weighted by Crippen LogP contribution is -2.38. The number of amides is 1. The molecule has 8 heteroatoms. The Morgan fingerprint density at radius 2 is 1.74 bits per heavy atom. The highest BCUT2D eigenvalue weighted by atomic mass is 19.1. The van der Waals surface area contributed by atoms with Crippen LogP contribution in [0.5, 0.6) is 0 Å². The number of hydrogen-bond donors (Lipinski definition) is 1. The Bertz CT molecular complexity index is 1040. The molecule has 1 N–H and O–H groups in total. The van der Waals surface area contributed by atoms with E-state index < -0.39 is 17.5 Å². The van der Waals surface area contributed by atoms with E-state index in [9.17, 15) is 18.0 Å². The number of likely N-dealkylation sites (tertiary alicyclic amines) is 1. The molecule has 1 aliphatic heterocycles. The number of piperidine rings is 1. The van der Waals surface area contributed by atoms with Crippen LogP contribution in [-0.2, 0) is 6.54 Å². The van der Waals surface area contributed by atoms with E-state index in [2.05, 4.69) is 15.4 Å². The number of nitrogens with zero attached hydrogens (tertiary/aromatic N) is 2. The third-order valence-electron chi connectivity index (χ3n) is 5.52. The zero-order valence-electron chi connectivity index (χ0n) is 16.8. The van der Waals surface area contributed by atoms with Gasteiger partial charge < -0.3 is 9.84 Å². The van der Waals surface area contributed by atoms with Crippen molar-refractivity contribution in [3.63, 3.8) is 0 Å². The molecule has 0 saturated carbocycles. The maximum Gasteiger partial charge on any atom is 0.273 e. The van der Waals surface area contributed by atoms with Crippen molar-refractivity contribution < 1.29 is 22.5 Å². The minimum atomic E-state index is -0.782. The number of nitrogens with one attached hydrogen (secondary N) is 1. The number of rotatable bonds is 6. The average Bonchev–Trinajstić information content (AvgIpc) is 3.25. The Balaban J connectivity index is 1.25. The summed E-state index contributed by atoms with van der Waals surface area (Å²) in [4.78, 5) is 14.7. The molecule has 0 atom stereocenters. The van der Waals surface area contributed by atoms with Crippen LogP contribution in [0.4, 0.5) is 13.2 Å². The Hall–Kier alpha value is -3.13. The van der Waals surface area contributed by atoms with Gasteiger partial charge in [0.25, 0.3) is 5.91 Å². The van der Waals surface area contributed by atoms with Crippen LogP contribution < -0.4 is 5.32 Å². The van der Waals surface area contributed by atoms with E-state index in [0.29, 0.717) is 12.5 Å². The second kappa shape index (κ2) is 9.34. The molecule has 4 rings (SSSR count). The van der Waals surface area contributed by atoms with Crippen LogP contribution in [0.3, 0.4) is 0 Å². The molecule has 5 nitrogen and oxygen atoms in total. The Morgan fingerprint density at radius 3 is 2.45 bits per heavy atom. The van der Waals surface area contributed by atoms with Crippen LogP contribution in [0.1, 0.15) is 28.9 Å². The predicted molar refractivity (Wildman–Crippen MR) is 109 cm³/mol. The zero-order chi connectivity index (χ0) is 21.8. The number of halogens is 3. The lowest BCUT2D eigenvalue weighted by atomic mass is 9.96. The van der Waals surface area contributed by atoms with E-state index in [4.69, 9.17) is 4.52 Å². The number of carbonyl (C=O) groups excluding carboxylic acids is 1. The number of carbonyl (C=O) groups is 1. The van der Waals surface area contributed by atoms with Crippen LogP contribution in [0.15, 0.2) is 53.1 Å². The van der Waals surface area contributed by atoms with E-state index in [0.717, 1.165) is 50.2 Å². The van der Waals surface area contributed by atoms with Gasteiger partial charge in [0.15, 0.2) is 11.5 Å². The molecule has 3 aromatic rings. The fraction of sp³-hybridized carbons (Fsp3) is 0.304. The molecule has 1 aromatic heterocycles. The summed E-state index contributed by atoms with van der Waals surface area (Å²) in [6.45, 7) is 3.09. The lowest BCUT2D eigenvalue weighted by Gasteiger charge is -2.32. The van der Waals surface area contributed by atoms with Crippen molar-refractivity contribution in [2.24, 2.45) is 5.92 Å².